The van der Waals surface area contributed by atoms with Crippen molar-refractivity contribution < 1.29 is 9.53 Å². The largest absolute Gasteiger partial charge is 0.492 e. The molecule has 3 nitrogen and oxygen atoms in total. The smallest absolute Gasteiger partial charge is 0.309 e. The van der Waals surface area contributed by atoms with Gasteiger partial charge in [0.2, 0.25) is 0 Å². The number of hydrogen-bond acceptors (Lipinski definition) is 2. The highest BCUT2D eigenvalue weighted by molar-refractivity contribution is 5.63. The Kier molecular flexibility index (Phi) is 4.36. The molecule has 2 aromatic rings. The number of ether oxygens (including phenoxy) is 1. The molecule has 1 radical (unpaired) electrons. The molecule has 0 fully saturated rings. The van der Waals surface area contributed by atoms with Crippen LogP contribution in [0.25, 0.3) is 11.1 Å². The molecule has 0 saturated heterocycles. The van der Waals surface area contributed by atoms with Crippen molar-refractivity contribution in [2.45, 2.75) is 0 Å². The van der Waals surface area contributed by atoms with Crippen LogP contribution < -0.4 is 10.1 Å². The summed E-state index contributed by atoms with van der Waals surface area (Å²) >= 11 is 0. The Balaban J connectivity index is 1.95. The van der Waals surface area contributed by atoms with Gasteiger partial charge in [0.15, 0.2) is 0 Å². The Morgan fingerprint density at radius 2 is 1.61 bits per heavy atom. The molecule has 1 N–H and O–H groups in total. The lowest BCUT2D eigenvalue weighted by Gasteiger charge is -2.06. The molecule has 0 heterocycles. The summed E-state index contributed by atoms with van der Waals surface area (Å²) in [7, 11) is 0. The second-order valence-corrected chi connectivity index (χ2v) is 3.77. The lowest BCUT2D eigenvalue weighted by molar-refractivity contribution is 0.321. The van der Waals surface area contributed by atoms with Gasteiger partial charge in [-0.3, -0.25) is 4.79 Å². The SMILES string of the molecule is O=[C]NCCOc1ccc(-c2ccccc2)cc1. The van der Waals surface area contributed by atoms with E-state index in [0.717, 1.165) is 11.3 Å². The Morgan fingerprint density at radius 1 is 0.944 bits per heavy atom. The van der Waals surface area contributed by atoms with Crippen molar-refractivity contribution in [2.75, 3.05) is 13.2 Å². The second kappa shape index (κ2) is 6.45. The standard InChI is InChI=1S/C15H14NO2/c17-12-16-10-11-18-15-8-6-14(7-9-15)13-4-2-1-3-5-13/h1-9H,10-11H2,(H,16,17). The Hall–Kier alpha value is -2.29. The Labute approximate surface area is 106 Å². The first-order valence-electron chi connectivity index (χ1n) is 5.78. The van der Waals surface area contributed by atoms with Gasteiger partial charge in [0.1, 0.15) is 12.4 Å². The molecule has 0 atom stereocenters. The van der Waals surface area contributed by atoms with Crippen molar-refractivity contribution in [3.05, 3.63) is 54.6 Å². The summed E-state index contributed by atoms with van der Waals surface area (Å²) in [5, 5.41) is 2.43. The van der Waals surface area contributed by atoms with E-state index < -0.39 is 0 Å². The van der Waals surface area contributed by atoms with E-state index in [1.165, 1.54) is 5.56 Å². The van der Waals surface area contributed by atoms with E-state index >= 15 is 0 Å². The van der Waals surface area contributed by atoms with E-state index in [0.29, 0.717) is 13.2 Å². The molecule has 2 aromatic carbocycles. The van der Waals surface area contributed by atoms with Crippen LogP contribution in [0.3, 0.4) is 0 Å². The average molecular weight is 240 g/mol. The zero-order valence-electron chi connectivity index (χ0n) is 9.93. The predicted molar refractivity (Wildman–Crippen MR) is 71.1 cm³/mol. The van der Waals surface area contributed by atoms with Crippen molar-refractivity contribution in [2.24, 2.45) is 0 Å². The summed E-state index contributed by atoms with van der Waals surface area (Å²) in [4.78, 5) is 9.93. The van der Waals surface area contributed by atoms with Crippen LogP contribution >= 0.6 is 0 Å². The third-order valence-electron chi connectivity index (χ3n) is 2.53. The van der Waals surface area contributed by atoms with Gasteiger partial charge in [0.05, 0.1) is 6.54 Å². The molecule has 0 spiro atoms. The highest BCUT2D eigenvalue weighted by Crippen LogP contribution is 2.21. The highest BCUT2D eigenvalue weighted by atomic mass is 16.5. The second-order valence-electron chi connectivity index (χ2n) is 3.77. The van der Waals surface area contributed by atoms with Crippen LogP contribution in [-0.2, 0) is 4.79 Å². The van der Waals surface area contributed by atoms with E-state index in [9.17, 15) is 4.79 Å². The molecule has 0 aliphatic rings. The highest BCUT2D eigenvalue weighted by Gasteiger charge is 1.97. The van der Waals surface area contributed by atoms with E-state index in [2.05, 4.69) is 17.4 Å². The van der Waals surface area contributed by atoms with Crippen molar-refractivity contribution in [1.29, 1.82) is 0 Å². The first-order valence-corrected chi connectivity index (χ1v) is 5.78. The van der Waals surface area contributed by atoms with Crippen LogP contribution in [0.15, 0.2) is 54.6 Å². The molecule has 3 heteroatoms. The molecule has 1 amide bonds. The van der Waals surface area contributed by atoms with Crippen molar-refractivity contribution in [1.82, 2.24) is 5.32 Å². The summed E-state index contributed by atoms with van der Waals surface area (Å²) in [6, 6.07) is 18.0. The topological polar surface area (TPSA) is 38.3 Å². The zero-order valence-corrected chi connectivity index (χ0v) is 9.93. The molecule has 0 unspecified atom stereocenters. The van der Waals surface area contributed by atoms with Gasteiger partial charge < -0.3 is 10.1 Å². The molecular weight excluding hydrogens is 226 g/mol. The predicted octanol–water partition coefficient (Wildman–Crippen LogP) is 2.39. The first-order chi connectivity index (χ1) is 8.90. The van der Waals surface area contributed by atoms with E-state index in [1.54, 1.807) is 6.41 Å². The van der Waals surface area contributed by atoms with E-state index in [1.807, 2.05) is 42.5 Å². The van der Waals surface area contributed by atoms with Crippen molar-refractivity contribution in [3.8, 4) is 16.9 Å². The first kappa shape index (κ1) is 12.2. The fourth-order valence-electron chi connectivity index (χ4n) is 1.65. The maximum atomic E-state index is 9.93. The van der Waals surface area contributed by atoms with Crippen LogP contribution in [-0.4, -0.2) is 19.6 Å². The lowest BCUT2D eigenvalue weighted by atomic mass is 10.1. The van der Waals surface area contributed by atoms with Crippen LogP contribution in [0.1, 0.15) is 0 Å². The summed E-state index contributed by atoms with van der Waals surface area (Å²) < 4.78 is 5.46. The molecule has 2 rings (SSSR count). The maximum absolute atomic E-state index is 9.93. The van der Waals surface area contributed by atoms with Gasteiger partial charge in [-0.15, -0.1) is 0 Å². The fraction of sp³-hybridized carbons (Fsp3) is 0.133. The minimum Gasteiger partial charge on any atom is -0.492 e. The summed E-state index contributed by atoms with van der Waals surface area (Å²) in [6.45, 7) is 0.907. The Morgan fingerprint density at radius 3 is 2.28 bits per heavy atom. The molecule has 18 heavy (non-hydrogen) atoms. The van der Waals surface area contributed by atoms with Gasteiger partial charge in [-0.25, -0.2) is 0 Å². The van der Waals surface area contributed by atoms with E-state index in [-0.39, 0.29) is 0 Å². The van der Waals surface area contributed by atoms with Crippen molar-refractivity contribution >= 4 is 6.41 Å². The van der Waals surface area contributed by atoms with Gasteiger partial charge in [-0.05, 0) is 23.3 Å². The average Bonchev–Trinajstić information content (AvgIpc) is 2.45. The summed E-state index contributed by atoms with van der Waals surface area (Å²) in [5.41, 5.74) is 2.34. The van der Waals surface area contributed by atoms with Gasteiger partial charge in [-0.1, -0.05) is 42.5 Å². The molecule has 0 saturated carbocycles. The van der Waals surface area contributed by atoms with Gasteiger partial charge in [-0.2, -0.15) is 0 Å². The number of carbonyl (C=O) groups excluding carboxylic acids is 1. The van der Waals surface area contributed by atoms with Crippen molar-refractivity contribution in [3.63, 3.8) is 0 Å². The molecule has 0 aliphatic carbocycles. The number of rotatable bonds is 6. The summed E-state index contributed by atoms with van der Waals surface area (Å²) in [6.07, 6.45) is 1.60. The molecule has 91 valence electrons. The molecule has 0 aromatic heterocycles. The van der Waals surface area contributed by atoms with Crippen LogP contribution in [0.4, 0.5) is 0 Å². The third-order valence-corrected chi connectivity index (χ3v) is 2.53. The zero-order chi connectivity index (χ0) is 12.6. The minimum absolute atomic E-state index is 0.444. The number of hydrogen-bond donors (Lipinski definition) is 1. The Bertz CT molecular complexity index is 480. The fourth-order valence-corrected chi connectivity index (χ4v) is 1.65. The third kappa shape index (κ3) is 3.35. The maximum Gasteiger partial charge on any atom is 0.309 e. The molecular formula is C15H14NO2. The van der Waals surface area contributed by atoms with E-state index in [4.69, 9.17) is 4.74 Å². The monoisotopic (exact) mass is 240 g/mol. The minimum atomic E-state index is 0.444. The normalized spacial score (nSPS) is 9.78. The lowest BCUT2D eigenvalue weighted by Crippen LogP contribution is -2.18. The van der Waals surface area contributed by atoms with Gasteiger partial charge >= 0.3 is 6.41 Å². The molecule has 0 aliphatic heterocycles. The van der Waals surface area contributed by atoms with Crippen LogP contribution in [0.5, 0.6) is 5.75 Å². The molecule has 0 bridgehead atoms. The van der Waals surface area contributed by atoms with Gasteiger partial charge in [0.25, 0.3) is 0 Å². The van der Waals surface area contributed by atoms with Gasteiger partial charge in [0, 0.05) is 0 Å². The number of benzene rings is 2. The quantitative estimate of drug-likeness (QED) is 0.622. The van der Waals surface area contributed by atoms with Crippen LogP contribution in [0.2, 0.25) is 0 Å². The number of amides is 1. The number of nitrogens with one attached hydrogen (secondary N) is 1. The van der Waals surface area contributed by atoms with Crippen LogP contribution in [0, 0.1) is 0 Å². The summed E-state index contributed by atoms with van der Waals surface area (Å²) in [5.74, 6) is 0.794.